The molecular weight excluding hydrogens is 246 g/mol. The number of ether oxygens (including phenoxy) is 1. The van der Waals surface area contributed by atoms with Crippen LogP contribution in [-0.2, 0) is 4.79 Å². The molecule has 2 aromatic carbocycles. The van der Waals surface area contributed by atoms with E-state index >= 15 is 0 Å². The fourth-order valence-electron chi connectivity index (χ4n) is 2.48. The number of benzene rings is 2. The van der Waals surface area contributed by atoms with Gasteiger partial charge in [0.15, 0.2) is 5.75 Å². The summed E-state index contributed by atoms with van der Waals surface area (Å²) in [5.74, 6) is -1.13. The Morgan fingerprint density at radius 3 is 2.42 bits per heavy atom. The van der Waals surface area contributed by atoms with Crippen molar-refractivity contribution in [2.24, 2.45) is 0 Å². The number of rotatable bonds is 1. The Balaban J connectivity index is 2.54. The van der Waals surface area contributed by atoms with Gasteiger partial charge in [0, 0.05) is 17.8 Å². The van der Waals surface area contributed by atoms with E-state index in [1.165, 1.54) is 19.1 Å². The predicted molar refractivity (Wildman–Crippen MR) is 69.9 cm³/mol. The molecule has 5 nitrogen and oxygen atoms in total. The highest BCUT2D eigenvalue weighted by Crippen LogP contribution is 2.48. The molecule has 0 atom stereocenters. The minimum absolute atomic E-state index is 0.0167. The smallest absolute Gasteiger partial charge is 0.299 e. The van der Waals surface area contributed by atoms with Gasteiger partial charge in [0.2, 0.25) is 0 Å². The zero-order valence-electron chi connectivity index (χ0n) is 10.4. The van der Waals surface area contributed by atoms with Crippen LogP contribution in [-0.4, -0.2) is 31.0 Å². The SMILES string of the molecule is COc1c2c(c(O)c3ccccc13)C(=O)C(=O)N2C. The fraction of sp³-hybridized carbons (Fsp3) is 0.143. The topological polar surface area (TPSA) is 66.8 Å². The van der Waals surface area contributed by atoms with Crippen molar-refractivity contribution >= 4 is 28.2 Å². The summed E-state index contributed by atoms with van der Waals surface area (Å²) in [6.45, 7) is 0. The molecule has 19 heavy (non-hydrogen) atoms. The van der Waals surface area contributed by atoms with E-state index in [-0.39, 0.29) is 11.3 Å². The molecule has 0 spiro atoms. The Labute approximate surface area is 109 Å². The van der Waals surface area contributed by atoms with Crippen molar-refractivity contribution in [1.82, 2.24) is 0 Å². The molecule has 0 saturated carbocycles. The summed E-state index contributed by atoms with van der Waals surface area (Å²) in [6.07, 6.45) is 0. The average molecular weight is 257 g/mol. The second-order valence-corrected chi connectivity index (χ2v) is 4.34. The summed E-state index contributed by atoms with van der Waals surface area (Å²) in [4.78, 5) is 24.9. The Hall–Kier alpha value is -2.56. The highest BCUT2D eigenvalue weighted by Gasteiger charge is 2.40. The van der Waals surface area contributed by atoms with Gasteiger partial charge in [-0.2, -0.15) is 0 Å². The van der Waals surface area contributed by atoms with Gasteiger partial charge >= 0.3 is 0 Å². The lowest BCUT2D eigenvalue weighted by molar-refractivity contribution is -0.114. The number of phenols is 1. The van der Waals surface area contributed by atoms with Crippen LogP contribution in [0.4, 0.5) is 5.69 Å². The number of Topliss-reactive ketones (excluding diaryl/α,β-unsaturated/α-hetero) is 1. The second-order valence-electron chi connectivity index (χ2n) is 4.34. The van der Waals surface area contributed by atoms with E-state index in [9.17, 15) is 14.7 Å². The molecule has 1 aliphatic rings. The molecule has 0 radical (unpaired) electrons. The number of fused-ring (bicyclic) bond motifs is 2. The first kappa shape index (κ1) is 11.5. The van der Waals surface area contributed by atoms with Crippen molar-refractivity contribution in [1.29, 1.82) is 0 Å². The number of phenolic OH excluding ortho intramolecular Hbond substituents is 1. The van der Waals surface area contributed by atoms with Crippen molar-refractivity contribution in [3.63, 3.8) is 0 Å². The second kappa shape index (κ2) is 3.71. The Morgan fingerprint density at radius 1 is 1.16 bits per heavy atom. The largest absolute Gasteiger partial charge is 0.506 e. The van der Waals surface area contributed by atoms with Crippen molar-refractivity contribution in [2.75, 3.05) is 19.1 Å². The summed E-state index contributed by atoms with van der Waals surface area (Å²) in [6, 6.07) is 7.01. The quantitative estimate of drug-likeness (QED) is 0.790. The highest BCUT2D eigenvalue weighted by atomic mass is 16.5. The van der Waals surface area contributed by atoms with Gasteiger partial charge in [0.1, 0.15) is 11.4 Å². The van der Waals surface area contributed by atoms with Gasteiger partial charge in [0.05, 0.1) is 12.7 Å². The van der Waals surface area contributed by atoms with Crippen LogP contribution >= 0.6 is 0 Å². The molecule has 0 unspecified atom stereocenters. The maximum Gasteiger partial charge on any atom is 0.299 e. The molecule has 3 rings (SSSR count). The van der Waals surface area contributed by atoms with Crippen LogP contribution in [0, 0.1) is 0 Å². The lowest BCUT2D eigenvalue weighted by atomic mass is 10.0. The Morgan fingerprint density at radius 2 is 1.79 bits per heavy atom. The molecule has 1 N–H and O–H groups in total. The van der Waals surface area contributed by atoms with E-state index in [1.807, 2.05) is 0 Å². The molecule has 1 aliphatic heterocycles. The maximum absolute atomic E-state index is 11.9. The number of hydrogen-bond donors (Lipinski definition) is 1. The molecule has 96 valence electrons. The lowest BCUT2D eigenvalue weighted by Gasteiger charge is -2.16. The molecule has 0 aromatic heterocycles. The number of carbonyl (C=O) groups excluding carboxylic acids is 2. The molecule has 2 aromatic rings. The third-order valence-corrected chi connectivity index (χ3v) is 3.38. The summed E-state index contributed by atoms with van der Waals surface area (Å²) in [5, 5.41) is 11.4. The number of amides is 1. The molecule has 1 amide bonds. The molecule has 0 saturated heterocycles. The van der Waals surface area contributed by atoms with Crippen LogP contribution in [0.3, 0.4) is 0 Å². The molecule has 0 aliphatic carbocycles. The molecule has 5 heteroatoms. The molecule has 0 bridgehead atoms. The fourth-order valence-corrected chi connectivity index (χ4v) is 2.48. The van der Waals surface area contributed by atoms with Gasteiger partial charge in [-0.3, -0.25) is 9.59 Å². The van der Waals surface area contributed by atoms with Gasteiger partial charge < -0.3 is 14.7 Å². The van der Waals surface area contributed by atoms with Crippen LogP contribution < -0.4 is 9.64 Å². The highest BCUT2D eigenvalue weighted by molar-refractivity contribution is 6.53. The third-order valence-electron chi connectivity index (χ3n) is 3.38. The van der Waals surface area contributed by atoms with Gasteiger partial charge in [0.25, 0.3) is 11.7 Å². The first-order valence-electron chi connectivity index (χ1n) is 5.72. The number of carbonyl (C=O) groups is 2. The maximum atomic E-state index is 11.9. The van der Waals surface area contributed by atoms with Crippen LogP contribution in [0.15, 0.2) is 24.3 Å². The zero-order chi connectivity index (χ0) is 13.7. The van der Waals surface area contributed by atoms with Crippen molar-refractivity contribution in [2.45, 2.75) is 0 Å². The third kappa shape index (κ3) is 1.29. The van der Waals surface area contributed by atoms with Gasteiger partial charge in [-0.05, 0) is 0 Å². The summed E-state index contributed by atoms with van der Waals surface area (Å²) in [5.41, 5.74) is 0.344. The Bertz CT molecular complexity index is 736. The first-order chi connectivity index (χ1) is 9.07. The monoisotopic (exact) mass is 257 g/mol. The number of methoxy groups -OCH3 is 1. The van der Waals surface area contributed by atoms with Crippen molar-refractivity contribution < 1.29 is 19.4 Å². The minimum atomic E-state index is -0.709. The van der Waals surface area contributed by atoms with Crippen molar-refractivity contribution in [3.8, 4) is 11.5 Å². The number of aromatic hydroxyl groups is 1. The number of nitrogens with zero attached hydrogens (tertiary/aromatic N) is 1. The lowest BCUT2D eigenvalue weighted by Crippen LogP contribution is -2.25. The van der Waals surface area contributed by atoms with Gasteiger partial charge in [-0.25, -0.2) is 0 Å². The average Bonchev–Trinajstić information content (AvgIpc) is 2.65. The van der Waals surface area contributed by atoms with Gasteiger partial charge in [-0.1, -0.05) is 24.3 Å². The summed E-state index contributed by atoms with van der Waals surface area (Å²) >= 11 is 0. The van der Waals surface area contributed by atoms with Crippen LogP contribution in [0.1, 0.15) is 10.4 Å². The number of hydrogen-bond acceptors (Lipinski definition) is 4. The number of ketones is 1. The van der Waals surface area contributed by atoms with E-state index in [1.54, 1.807) is 24.3 Å². The van der Waals surface area contributed by atoms with Crippen LogP contribution in [0.5, 0.6) is 11.5 Å². The van der Waals surface area contributed by atoms with E-state index in [0.29, 0.717) is 22.2 Å². The number of likely N-dealkylation sites (N-methyl/N-ethyl adjacent to an activating group) is 1. The van der Waals surface area contributed by atoms with E-state index in [4.69, 9.17) is 4.74 Å². The predicted octanol–water partition coefficient (Wildman–Crippen LogP) is 1.71. The standard InChI is InChI=1S/C14H11NO4/c1-15-10-9(12(17)14(15)18)11(16)7-5-3-4-6-8(7)13(10)19-2/h3-6,16H,1-2H3. The number of anilines is 1. The molecule has 0 fully saturated rings. The van der Waals surface area contributed by atoms with Gasteiger partial charge in [-0.15, -0.1) is 0 Å². The van der Waals surface area contributed by atoms with Crippen LogP contribution in [0.25, 0.3) is 10.8 Å². The molecular formula is C14H11NO4. The van der Waals surface area contributed by atoms with E-state index < -0.39 is 11.7 Å². The zero-order valence-corrected chi connectivity index (χ0v) is 10.4. The van der Waals surface area contributed by atoms with Crippen LogP contribution in [0.2, 0.25) is 0 Å². The van der Waals surface area contributed by atoms with E-state index in [0.717, 1.165) is 0 Å². The molecule has 1 heterocycles. The normalized spacial score (nSPS) is 14.1. The first-order valence-corrected chi connectivity index (χ1v) is 5.72. The Kier molecular flexibility index (Phi) is 2.25. The van der Waals surface area contributed by atoms with Crippen molar-refractivity contribution in [3.05, 3.63) is 29.8 Å². The summed E-state index contributed by atoms with van der Waals surface area (Å²) < 4.78 is 5.34. The summed E-state index contributed by atoms with van der Waals surface area (Å²) in [7, 11) is 2.96. The van der Waals surface area contributed by atoms with E-state index in [2.05, 4.69) is 0 Å². The minimum Gasteiger partial charge on any atom is -0.506 e.